The van der Waals surface area contributed by atoms with Gasteiger partial charge in [-0.05, 0) is 62.6 Å². The van der Waals surface area contributed by atoms with E-state index in [9.17, 15) is 18.0 Å². The third-order valence-corrected chi connectivity index (χ3v) is 8.00. The zero-order valence-corrected chi connectivity index (χ0v) is 20.7. The van der Waals surface area contributed by atoms with Gasteiger partial charge in [-0.25, -0.2) is 8.42 Å². The number of rotatable bonds is 6. The molecular weight excluding hydrogens is 462 g/mol. The van der Waals surface area contributed by atoms with Crippen molar-refractivity contribution in [2.75, 3.05) is 29.8 Å². The normalized spacial score (nSPS) is 13.8. The summed E-state index contributed by atoms with van der Waals surface area (Å²) in [4.78, 5) is 28.4. The maximum absolute atomic E-state index is 13.3. The second-order valence-corrected chi connectivity index (χ2v) is 10.6. The van der Waals surface area contributed by atoms with Gasteiger partial charge in [-0.1, -0.05) is 42.0 Å². The number of likely N-dealkylation sites (tertiary alicyclic amines) is 1. The highest BCUT2D eigenvalue weighted by Crippen LogP contribution is 2.27. The Balaban J connectivity index is 1.62. The molecule has 0 aromatic heterocycles. The van der Waals surface area contributed by atoms with Crippen LogP contribution in [-0.2, 0) is 10.0 Å². The van der Waals surface area contributed by atoms with Crippen molar-refractivity contribution in [2.45, 2.75) is 31.1 Å². The highest BCUT2D eigenvalue weighted by atomic mass is 32.2. The number of nitrogens with one attached hydrogen (secondary N) is 1. The summed E-state index contributed by atoms with van der Waals surface area (Å²) in [5.74, 6) is -0.613. The smallest absolute Gasteiger partial charge is 0.264 e. The summed E-state index contributed by atoms with van der Waals surface area (Å²) in [6, 6.07) is 20.0. The lowest BCUT2D eigenvalue weighted by molar-refractivity contribution is 0.0725. The van der Waals surface area contributed by atoms with E-state index in [1.165, 1.54) is 7.05 Å². The topological polar surface area (TPSA) is 86.8 Å². The molecule has 0 saturated carbocycles. The molecule has 1 aliphatic heterocycles. The fraction of sp³-hybridized carbons (Fsp3) is 0.259. The Morgan fingerprint density at radius 2 is 1.43 bits per heavy atom. The predicted molar refractivity (Wildman–Crippen MR) is 137 cm³/mol. The first-order valence-electron chi connectivity index (χ1n) is 11.6. The van der Waals surface area contributed by atoms with Crippen LogP contribution in [0.15, 0.2) is 77.7 Å². The Labute approximate surface area is 206 Å². The molecule has 0 aliphatic carbocycles. The lowest BCUT2D eigenvalue weighted by atomic mass is 10.1. The van der Waals surface area contributed by atoms with Gasteiger partial charge in [0.15, 0.2) is 0 Å². The van der Waals surface area contributed by atoms with Gasteiger partial charge in [0.25, 0.3) is 21.8 Å². The first-order valence-corrected chi connectivity index (χ1v) is 13.1. The standard InChI is InChI=1S/C27H29N3O4S/c1-20-14-16-21(17-15-20)35(33,34)29(2)25-13-7-5-11-23(25)26(31)28-24-12-6-4-10-22(24)27(32)30-18-8-3-9-19-30/h4-7,10-17H,3,8-9,18-19H2,1-2H3,(H,28,31). The molecule has 1 aliphatic rings. The third kappa shape index (κ3) is 5.22. The summed E-state index contributed by atoms with van der Waals surface area (Å²) in [7, 11) is -2.46. The minimum Gasteiger partial charge on any atom is -0.339 e. The zero-order chi connectivity index (χ0) is 25.0. The first-order chi connectivity index (χ1) is 16.8. The number of hydrogen-bond acceptors (Lipinski definition) is 4. The maximum atomic E-state index is 13.3. The van der Waals surface area contributed by atoms with Gasteiger partial charge in [0.1, 0.15) is 0 Å². The van der Waals surface area contributed by atoms with Crippen LogP contribution in [0.1, 0.15) is 45.5 Å². The van der Waals surface area contributed by atoms with E-state index in [4.69, 9.17) is 0 Å². The van der Waals surface area contributed by atoms with Crippen molar-refractivity contribution in [3.63, 3.8) is 0 Å². The van der Waals surface area contributed by atoms with E-state index in [-0.39, 0.29) is 22.1 Å². The SMILES string of the molecule is Cc1ccc(S(=O)(=O)N(C)c2ccccc2C(=O)Nc2ccccc2C(=O)N2CCCCC2)cc1. The van der Waals surface area contributed by atoms with E-state index in [0.29, 0.717) is 24.3 Å². The number of sulfonamides is 1. The van der Waals surface area contributed by atoms with E-state index in [2.05, 4.69) is 5.32 Å². The summed E-state index contributed by atoms with van der Waals surface area (Å²) in [6.45, 7) is 3.28. The Hall–Kier alpha value is -3.65. The van der Waals surface area contributed by atoms with E-state index in [1.807, 2.05) is 11.8 Å². The summed E-state index contributed by atoms with van der Waals surface area (Å²) in [5, 5.41) is 2.83. The predicted octanol–water partition coefficient (Wildman–Crippen LogP) is 4.70. The van der Waals surface area contributed by atoms with Gasteiger partial charge in [0, 0.05) is 20.1 Å². The van der Waals surface area contributed by atoms with Crippen LogP contribution in [0.4, 0.5) is 11.4 Å². The molecule has 0 atom stereocenters. The number of para-hydroxylation sites is 2. The van der Waals surface area contributed by atoms with Crippen LogP contribution < -0.4 is 9.62 Å². The fourth-order valence-electron chi connectivity index (χ4n) is 4.17. The zero-order valence-electron chi connectivity index (χ0n) is 19.9. The number of amides is 2. The van der Waals surface area contributed by atoms with Gasteiger partial charge in [-0.15, -0.1) is 0 Å². The van der Waals surface area contributed by atoms with Crippen LogP contribution >= 0.6 is 0 Å². The second-order valence-electron chi connectivity index (χ2n) is 8.66. The van der Waals surface area contributed by atoms with Gasteiger partial charge >= 0.3 is 0 Å². The van der Waals surface area contributed by atoms with E-state index >= 15 is 0 Å². The average Bonchev–Trinajstić information content (AvgIpc) is 2.89. The van der Waals surface area contributed by atoms with Gasteiger partial charge in [0.05, 0.1) is 27.4 Å². The largest absolute Gasteiger partial charge is 0.339 e. The Morgan fingerprint density at radius 3 is 2.11 bits per heavy atom. The molecular formula is C27H29N3O4S. The van der Waals surface area contributed by atoms with Gasteiger partial charge in [0.2, 0.25) is 0 Å². The van der Waals surface area contributed by atoms with Crippen molar-refractivity contribution >= 4 is 33.2 Å². The van der Waals surface area contributed by atoms with Crippen LogP contribution in [0.3, 0.4) is 0 Å². The molecule has 4 rings (SSSR count). The lowest BCUT2D eigenvalue weighted by Gasteiger charge is -2.27. The number of hydrogen-bond donors (Lipinski definition) is 1. The van der Waals surface area contributed by atoms with Crippen molar-refractivity contribution < 1.29 is 18.0 Å². The lowest BCUT2D eigenvalue weighted by Crippen LogP contribution is -2.36. The molecule has 35 heavy (non-hydrogen) atoms. The molecule has 2 amide bonds. The van der Waals surface area contributed by atoms with Gasteiger partial charge in [-0.3, -0.25) is 13.9 Å². The fourth-order valence-corrected chi connectivity index (χ4v) is 5.39. The highest BCUT2D eigenvalue weighted by molar-refractivity contribution is 7.92. The first kappa shape index (κ1) is 24.5. The van der Waals surface area contributed by atoms with Crippen molar-refractivity contribution in [1.82, 2.24) is 4.90 Å². The van der Waals surface area contributed by atoms with Crippen LogP contribution in [0.25, 0.3) is 0 Å². The number of piperidine rings is 1. The van der Waals surface area contributed by atoms with E-state index < -0.39 is 15.9 Å². The number of anilines is 2. The minimum atomic E-state index is -3.88. The number of benzene rings is 3. The van der Waals surface area contributed by atoms with Crippen LogP contribution in [0.5, 0.6) is 0 Å². The van der Waals surface area contributed by atoms with E-state index in [0.717, 1.165) is 29.1 Å². The minimum absolute atomic E-state index is 0.118. The number of nitrogens with zero attached hydrogens (tertiary/aromatic N) is 2. The Bertz CT molecular complexity index is 1330. The number of aryl methyl sites for hydroxylation is 1. The van der Waals surface area contributed by atoms with Crippen molar-refractivity contribution in [3.05, 3.63) is 89.5 Å². The second kappa shape index (κ2) is 10.3. The van der Waals surface area contributed by atoms with Crippen molar-refractivity contribution in [2.24, 2.45) is 0 Å². The third-order valence-electron chi connectivity index (χ3n) is 6.22. The molecule has 0 radical (unpaired) electrons. The maximum Gasteiger partial charge on any atom is 0.264 e. The molecule has 1 saturated heterocycles. The van der Waals surface area contributed by atoms with E-state index in [1.54, 1.807) is 72.8 Å². The Kier molecular flexibility index (Phi) is 7.21. The molecule has 1 heterocycles. The molecule has 3 aromatic rings. The van der Waals surface area contributed by atoms with Gasteiger partial charge < -0.3 is 10.2 Å². The summed E-state index contributed by atoms with van der Waals surface area (Å²) >= 11 is 0. The van der Waals surface area contributed by atoms with Crippen LogP contribution in [0.2, 0.25) is 0 Å². The van der Waals surface area contributed by atoms with Crippen molar-refractivity contribution in [1.29, 1.82) is 0 Å². The number of carbonyl (C=O) groups excluding carboxylic acids is 2. The summed E-state index contributed by atoms with van der Waals surface area (Å²) in [5.41, 5.74) is 2.19. The van der Waals surface area contributed by atoms with Gasteiger partial charge in [-0.2, -0.15) is 0 Å². The monoisotopic (exact) mass is 491 g/mol. The van der Waals surface area contributed by atoms with Crippen molar-refractivity contribution in [3.8, 4) is 0 Å². The molecule has 182 valence electrons. The Morgan fingerprint density at radius 1 is 0.829 bits per heavy atom. The summed E-state index contributed by atoms with van der Waals surface area (Å²) < 4.78 is 27.6. The average molecular weight is 492 g/mol. The molecule has 3 aromatic carbocycles. The molecule has 1 fully saturated rings. The molecule has 7 nitrogen and oxygen atoms in total. The molecule has 0 bridgehead atoms. The summed E-state index contributed by atoms with van der Waals surface area (Å²) in [6.07, 6.45) is 3.04. The number of carbonyl (C=O) groups is 2. The van der Waals surface area contributed by atoms with Crippen LogP contribution in [0, 0.1) is 6.92 Å². The van der Waals surface area contributed by atoms with Crippen LogP contribution in [-0.4, -0.2) is 45.3 Å². The molecule has 0 spiro atoms. The molecule has 0 unspecified atom stereocenters. The molecule has 1 N–H and O–H groups in total. The quantitative estimate of drug-likeness (QED) is 0.542. The highest BCUT2D eigenvalue weighted by Gasteiger charge is 2.26. The molecule has 8 heteroatoms.